The molecule has 0 aliphatic rings. The summed E-state index contributed by atoms with van der Waals surface area (Å²) in [6, 6.07) is 20.8. The highest BCUT2D eigenvalue weighted by molar-refractivity contribution is 9.10. The zero-order valence-corrected chi connectivity index (χ0v) is 21.1. The van der Waals surface area contributed by atoms with Crippen LogP contribution in [-0.4, -0.2) is 40.9 Å². The van der Waals surface area contributed by atoms with E-state index in [0.717, 1.165) is 64.2 Å². The van der Waals surface area contributed by atoms with Gasteiger partial charge in [0, 0.05) is 19.8 Å². The normalized spacial score (nSPS) is 10.9. The van der Waals surface area contributed by atoms with E-state index in [0.29, 0.717) is 0 Å². The number of aryl methyl sites for hydroxylation is 1. The van der Waals surface area contributed by atoms with Crippen LogP contribution >= 0.6 is 15.9 Å². The highest BCUT2D eigenvalue weighted by atomic mass is 79.9. The molecule has 0 saturated heterocycles. The van der Waals surface area contributed by atoms with E-state index < -0.39 is 0 Å². The second-order valence-electron chi connectivity index (χ2n) is 7.75. The summed E-state index contributed by atoms with van der Waals surface area (Å²) in [5.41, 5.74) is 5.71. The molecule has 0 saturated carbocycles. The SMILES string of the molecule is COCOc1c(Br)cc(C)cc1CCNCCc1cccc(-c2ccccc2)c1OCOC. The van der Waals surface area contributed by atoms with E-state index in [1.807, 2.05) is 18.2 Å². The van der Waals surface area contributed by atoms with Crippen LogP contribution in [0.25, 0.3) is 11.1 Å². The Balaban J connectivity index is 1.63. The second-order valence-corrected chi connectivity index (χ2v) is 8.60. The van der Waals surface area contributed by atoms with Crippen molar-refractivity contribution in [1.82, 2.24) is 5.32 Å². The first-order chi connectivity index (χ1) is 16.1. The van der Waals surface area contributed by atoms with Crippen molar-refractivity contribution in [1.29, 1.82) is 0 Å². The molecule has 0 amide bonds. The van der Waals surface area contributed by atoms with Crippen molar-refractivity contribution in [3.63, 3.8) is 0 Å². The van der Waals surface area contributed by atoms with Crippen molar-refractivity contribution in [3.8, 4) is 22.6 Å². The van der Waals surface area contributed by atoms with E-state index in [-0.39, 0.29) is 13.6 Å². The highest BCUT2D eigenvalue weighted by Crippen LogP contribution is 2.34. The van der Waals surface area contributed by atoms with Gasteiger partial charge in [-0.1, -0.05) is 54.6 Å². The van der Waals surface area contributed by atoms with E-state index in [1.165, 1.54) is 5.56 Å². The van der Waals surface area contributed by atoms with Gasteiger partial charge >= 0.3 is 0 Å². The molecular weight excluding hydrogens is 482 g/mol. The molecule has 0 fully saturated rings. The van der Waals surface area contributed by atoms with Gasteiger partial charge in [0.2, 0.25) is 0 Å². The van der Waals surface area contributed by atoms with Crippen molar-refractivity contribution >= 4 is 15.9 Å². The minimum atomic E-state index is 0.219. The molecular formula is C27H32BrNO4. The molecule has 0 heterocycles. The summed E-state index contributed by atoms with van der Waals surface area (Å²) in [4.78, 5) is 0. The molecule has 33 heavy (non-hydrogen) atoms. The molecule has 176 valence electrons. The van der Waals surface area contributed by atoms with Crippen molar-refractivity contribution < 1.29 is 18.9 Å². The monoisotopic (exact) mass is 513 g/mol. The van der Waals surface area contributed by atoms with E-state index in [1.54, 1.807) is 14.2 Å². The summed E-state index contributed by atoms with van der Waals surface area (Å²) in [5.74, 6) is 1.72. The van der Waals surface area contributed by atoms with Gasteiger partial charge in [0.05, 0.1) is 4.47 Å². The summed E-state index contributed by atoms with van der Waals surface area (Å²) in [6.07, 6.45) is 1.71. The fourth-order valence-corrected chi connectivity index (χ4v) is 4.48. The first-order valence-corrected chi connectivity index (χ1v) is 11.8. The first-order valence-electron chi connectivity index (χ1n) is 11.0. The Hall–Kier alpha value is -2.38. The molecule has 3 aromatic carbocycles. The molecule has 0 unspecified atom stereocenters. The molecule has 3 aromatic rings. The maximum absolute atomic E-state index is 5.99. The molecule has 1 N–H and O–H groups in total. The number of nitrogens with one attached hydrogen (secondary N) is 1. The number of methoxy groups -OCH3 is 2. The van der Waals surface area contributed by atoms with Crippen molar-refractivity contribution in [2.45, 2.75) is 19.8 Å². The molecule has 0 aliphatic carbocycles. The largest absolute Gasteiger partial charge is 0.467 e. The van der Waals surface area contributed by atoms with Gasteiger partial charge in [-0.3, -0.25) is 0 Å². The van der Waals surface area contributed by atoms with Crippen molar-refractivity contribution in [2.24, 2.45) is 0 Å². The lowest BCUT2D eigenvalue weighted by Crippen LogP contribution is -2.21. The van der Waals surface area contributed by atoms with Crippen LogP contribution in [0.3, 0.4) is 0 Å². The maximum atomic E-state index is 5.99. The lowest BCUT2D eigenvalue weighted by Gasteiger charge is -2.16. The van der Waals surface area contributed by atoms with Crippen LogP contribution in [-0.2, 0) is 22.3 Å². The summed E-state index contributed by atoms with van der Waals surface area (Å²) in [7, 11) is 3.27. The lowest BCUT2D eigenvalue weighted by atomic mass is 10.00. The third kappa shape index (κ3) is 7.30. The lowest BCUT2D eigenvalue weighted by molar-refractivity contribution is 0.0498. The predicted molar refractivity (Wildman–Crippen MR) is 136 cm³/mol. The highest BCUT2D eigenvalue weighted by Gasteiger charge is 2.13. The molecule has 0 aliphatic heterocycles. The number of halogens is 1. The van der Waals surface area contributed by atoms with Crippen LogP contribution < -0.4 is 14.8 Å². The predicted octanol–water partition coefficient (Wildman–Crippen LogP) is 5.76. The van der Waals surface area contributed by atoms with Crippen LogP contribution in [0.15, 0.2) is 65.1 Å². The number of hydrogen-bond donors (Lipinski definition) is 1. The van der Waals surface area contributed by atoms with E-state index >= 15 is 0 Å². The van der Waals surface area contributed by atoms with Crippen LogP contribution in [0.5, 0.6) is 11.5 Å². The van der Waals surface area contributed by atoms with Crippen LogP contribution in [0.4, 0.5) is 0 Å². The Morgan fingerprint density at radius 2 is 1.42 bits per heavy atom. The molecule has 6 heteroatoms. The van der Waals surface area contributed by atoms with Crippen LogP contribution in [0.1, 0.15) is 16.7 Å². The molecule has 5 nitrogen and oxygen atoms in total. The summed E-state index contributed by atoms with van der Waals surface area (Å²) in [5, 5.41) is 3.56. The Morgan fingerprint density at radius 3 is 2.12 bits per heavy atom. The summed E-state index contributed by atoms with van der Waals surface area (Å²) in [6.45, 7) is 4.21. The Bertz CT molecular complexity index is 1010. The van der Waals surface area contributed by atoms with Gasteiger partial charge < -0.3 is 24.3 Å². The second kappa shape index (κ2) is 13.4. The Kier molecular flexibility index (Phi) is 10.2. The summed E-state index contributed by atoms with van der Waals surface area (Å²) < 4.78 is 23.0. The Labute approximate surface area is 205 Å². The molecule has 0 spiro atoms. The minimum absolute atomic E-state index is 0.219. The molecule has 0 bridgehead atoms. The smallest absolute Gasteiger partial charge is 0.188 e. The van der Waals surface area contributed by atoms with Crippen molar-refractivity contribution in [3.05, 3.63) is 81.8 Å². The number of para-hydroxylation sites is 1. The maximum Gasteiger partial charge on any atom is 0.188 e. The zero-order valence-electron chi connectivity index (χ0n) is 19.5. The quantitative estimate of drug-likeness (QED) is 0.232. The number of benzene rings is 3. The average Bonchev–Trinajstić information content (AvgIpc) is 2.82. The zero-order chi connectivity index (χ0) is 23.5. The Morgan fingerprint density at radius 1 is 0.758 bits per heavy atom. The van der Waals surface area contributed by atoms with Gasteiger partial charge in [0.15, 0.2) is 13.6 Å². The van der Waals surface area contributed by atoms with Gasteiger partial charge in [-0.25, -0.2) is 0 Å². The van der Waals surface area contributed by atoms with E-state index in [4.69, 9.17) is 18.9 Å². The standard InChI is InChI=1S/C27H32BrNO4/c1-20-16-23(27(25(28)17-20)33-19-31-3)13-15-29-14-12-22-10-7-11-24(26(22)32-18-30-2)21-8-5-4-6-9-21/h4-11,16-17,29H,12-15,18-19H2,1-3H3. The first kappa shape index (κ1) is 25.2. The van der Waals surface area contributed by atoms with E-state index in [9.17, 15) is 0 Å². The van der Waals surface area contributed by atoms with Gasteiger partial charge in [0.1, 0.15) is 11.5 Å². The van der Waals surface area contributed by atoms with E-state index in [2.05, 4.69) is 70.6 Å². The van der Waals surface area contributed by atoms with Gasteiger partial charge in [0.25, 0.3) is 0 Å². The third-order valence-corrected chi connectivity index (χ3v) is 5.82. The van der Waals surface area contributed by atoms with Crippen LogP contribution in [0.2, 0.25) is 0 Å². The van der Waals surface area contributed by atoms with Gasteiger partial charge in [-0.2, -0.15) is 0 Å². The van der Waals surface area contributed by atoms with Crippen LogP contribution in [0, 0.1) is 6.92 Å². The van der Waals surface area contributed by atoms with Crippen molar-refractivity contribution in [2.75, 3.05) is 40.9 Å². The number of hydrogen-bond acceptors (Lipinski definition) is 5. The number of rotatable bonds is 13. The third-order valence-electron chi connectivity index (χ3n) is 5.23. The molecule has 0 atom stereocenters. The summed E-state index contributed by atoms with van der Waals surface area (Å²) >= 11 is 3.61. The van der Waals surface area contributed by atoms with Gasteiger partial charge in [-0.05, 0) is 77.1 Å². The molecule has 0 aromatic heterocycles. The fraction of sp³-hybridized carbons (Fsp3) is 0.333. The minimum Gasteiger partial charge on any atom is -0.467 e. The molecule has 0 radical (unpaired) electrons. The topological polar surface area (TPSA) is 49.0 Å². The fourth-order valence-electron chi connectivity index (χ4n) is 3.75. The molecule has 3 rings (SSSR count). The van der Waals surface area contributed by atoms with Gasteiger partial charge in [-0.15, -0.1) is 0 Å². The average molecular weight is 514 g/mol. The number of ether oxygens (including phenoxy) is 4.